The smallest absolute Gasteiger partial charge is 0.0649 e. The molecule has 21 heavy (non-hydrogen) atoms. The highest BCUT2D eigenvalue weighted by Crippen LogP contribution is 2.37. The van der Waals surface area contributed by atoms with Crippen molar-refractivity contribution < 1.29 is 5.11 Å². The van der Waals surface area contributed by atoms with Crippen LogP contribution in [0.25, 0.3) is 0 Å². The Hall–Kier alpha value is -0.930. The van der Waals surface area contributed by atoms with Crippen molar-refractivity contribution in [1.82, 2.24) is 4.98 Å². The fourth-order valence-corrected chi connectivity index (χ4v) is 3.72. The molecular formula is C18H30N2O. The van der Waals surface area contributed by atoms with Crippen molar-refractivity contribution in [3.63, 3.8) is 0 Å². The fraction of sp³-hybridized carbons (Fsp3) is 0.722. The molecule has 3 heteroatoms. The van der Waals surface area contributed by atoms with E-state index in [0.717, 1.165) is 24.3 Å². The molecule has 3 N–H and O–H groups in total. The van der Waals surface area contributed by atoms with Crippen molar-refractivity contribution in [2.45, 2.75) is 63.9 Å². The Kier molecular flexibility index (Phi) is 6.65. The number of nitrogens with zero attached hydrogens (tertiary/aromatic N) is 1. The first kappa shape index (κ1) is 16.4. The lowest BCUT2D eigenvalue weighted by Crippen LogP contribution is -2.34. The third-order valence-electron chi connectivity index (χ3n) is 5.14. The Bertz CT molecular complexity index is 387. The van der Waals surface area contributed by atoms with Gasteiger partial charge in [0.15, 0.2) is 0 Å². The van der Waals surface area contributed by atoms with Gasteiger partial charge in [0.05, 0.1) is 6.10 Å². The predicted octanol–water partition coefficient (Wildman–Crippen LogP) is 3.48. The summed E-state index contributed by atoms with van der Waals surface area (Å²) in [7, 11) is 0. The summed E-state index contributed by atoms with van der Waals surface area (Å²) < 4.78 is 0. The van der Waals surface area contributed by atoms with E-state index in [-0.39, 0.29) is 12.0 Å². The summed E-state index contributed by atoms with van der Waals surface area (Å²) in [5, 5.41) is 10.7. The molecule has 1 heterocycles. The molecule has 1 fully saturated rings. The normalized spacial score (nSPS) is 25.5. The first-order valence-electron chi connectivity index (χ1n) is 8.54. The molecular weight excluding hydrogens is 260 g/mol. The van der Waals surface area contributed by atoms with E-state index in [1.54, 1.807) is 12.4 Å². The zero-order chi connectivity index (χ0) is 15.1. The third-order valence-corrected chi connectivity index (χ3v) is 5.14. The van der Waals surface area contributed by atoms with Crippen molar-refractivity contribution in [3.8, 4) is 0 Å². The van der Waals surface area contributed by atoms with Crippen molar-refractivity contribution in [1.29, 1.82) is 0 Å². The van der Waals surface area contributed by atoms with Gasteiger partial charge in [-0.3, -0.25) is 4.98 Å². The van der Waals surface area contributed by atoms with Crippen molar-refractivity contribution in [2.24, 2.45) is 17.6 Å². The second-order valence-electron chi connectivity index (χ2n) is 6.54. The van der Waals surface area contributed by atoms with E-state index >= 15 is 0 Å². The number of hydrogen-bond donors (Lipinski definition) is 2. The van der Waals surface area contributed by atoms with E-state index in [1.807, 2.05) is 12.1 Å². The molecule has 0 bridgehead atoms. The minimum absolute atomic E-state index is 0.0465. The van der Waals surface area contributed by atoms with E-state index in [4.69, 9.17) is 5.73 Å². The minimum Gasteiger partial charge on any atom is -0.392 e. The van der Waals surface area contributed by atoms with E-state index in [1.165, 1.54) is 32.1 Å². The topological polar surface area (TPSA) is 59.1 Å². The number of rotatable bonds is 7. The summed E-state index contributed by atoms with van der Waals surface area (Å²) in [5.41, 5.74) is 7.04. The minimum atomic E-state index is -0.315. The van der Waals surface area contributed by atoms with E-state index in [9.17, 15) is 5.11 Å². The first-order valence-corrected chi connectivity index (χ1v) is 8.54. The molecule has 2 atom stereocenters. The van der Waals surface area contributed by atoms with Gasteiger partial charge < -0.3 is 10.8 Å². The molecule has 0 amide bonds. The lowest BCUT2D eigenvalue weighted by molar-refractivity contribution is 0.0520. The van der Waals surface area contributed by atoms with Gasteiger partial charge in [-0.2, -0.15) is 0 Å². The molecule has 2 unspecified atom stereocenters. The van der Waals surface area contributed by atoms with Gasteiger partial charge in [0.25, 0.3) is 0 Å². The van der Waals surface area contributed by atoms with Crippen molar-refractivity contribution in [3.05, 3.63) is 30.1 Å². The number of aliphatic hydroxyl groups is 1. The molecule has 1 aromatic rings. The SMILES string of the molecule is CCCCC1CCC(C(O)C(CN)c2ccncc2)CC1. The summed E-state index contributed by atoms with van der Waals surface area (Å²) in [5.74, 6) is 1.33. The highest BCUT2D eigenvalue weighted by molar-refractivity contribution is 5.18. The fourth-order valence-electron chi connectivity index (χ4n) is 3.72. The molecule has 118 valence electrons. The summed E-state index contributed by atoms with van der Waals surface area (Å²) in [6.07, 6.45) is 12.1. The molecule has 3 nitrogen and oxygen atoms in total. The summed E-state index contributed by atoms with van der Waals surface area (Å²) in [4.78, 5) is 4.05. The van der Waals surface area contributed by atoms with Crippen LogP contribution in [-0.2, 0) is 0 Å². The van der Waals surface area contributed by atoms with Crippen LogP contribution in [0.4, 0.5) is 0 Å². The molecule has 1 saturated carbocycles. The number of aromatic nitrogens is 1. The highest BCUT2D eigenvalue weighted by Gasteiger charge is 2.31. The van der Waals surface area contributed by atoms with E-state index in [2.05, 4.69) is 11.9 Å². The van der Waals surface area contributed by atoms with Crippen LogP contribution in [0.5, 0.6) is 0 Å². The number of aliphatic hydroxyl groups excluding tert-OH is 1. The maximum Gasteiger partial charge on any atom is 0.0649 e. The van der Waals surface area contributed by atoms with Gasteiger partial charge in [-0.05, 0) is 42.4 Å². The van der Waals surface area contributed by atoms with Crippen LogP contribution < -0.4 is 5.73 Å². The second-order valence-corrected chi connectivity index (χ2v) is 6.54. The number of nitrogens with two attached hydrogens (primary N) is 1. The average molecular weight is 290 g/mol. The molecule has 2 rings (SSSR count). The maximum absolute atomic E-state index is 10.7. The van der Waals surface area contributed by atoms with Crippen LogP contribution in [0.2, 0.25) is 0 Å². The van der Waals surface area contributed by atoms with Gasteiger partial charge in [0.2, 0.25) is 0 Å². The number of unbranched alkanes of at least 4 members (excludes halogenated alkanes) is 1. The van der Waals surface area contributed by atoms with Crippen LogP contribution in [0.15, 0.2) is 24.5 Å². The maximum atomic E-state index is 10.7. The number of hydrogen-bond acceptors (Lipinski definition) is 3. The van der Waals surface area contributed by atoms with Crippen LogP contribution in [0, 0.1) is 11.8 Å². The van der Waals surface area contributed by atoms with Gasteiger partial charge in [-0.15, -0.1) is 0 Å². The van der Waals surface area contributed by atoms with Crippen molar-refractivity contribution in [2.75, 3.05) is 6.54 Å². The van der Waals surface area contributed by atoms with E-state index in [0.29, 0.717) is 12.5 Å². The lowest BCUT2D eigenvalue weighted by Gasteiger charge is -2.35. The molecule has 0 aromatic carbocycles. The Morgan fingerprint density at radius 2 is 1.90 bits per heavy atom. The molecule has 1 aliphatic carbocycles. The summed E-state index contributed by atoms with van der Waals surface area (Å²) in [6.45, 7) is 2.76. The van der Waals surface area contributed by atoms with Gasteiger partial charge in [0, 0.05) is 24.9 Å². The molecule has 1 aromatic heterocycles. The Morgan fingerprint density at radius 3 is 2.48 bits per heavy atom. The summed E-state index contributed by atoms with van der Waals surface area (Å²) >= 11 is 0. The van der Waals surface area contributed by atoms with Crippen LogP contribution in [0.3, 0.4) is 0 Å². The Morgan fingerprint density at radius 1 is 1.24 bits per heavy atom. The second kappa shape index (κ2) is 8.50. The zero-order valence-electron chi connectivity index (χ0n) is 13.2. The average Bonchev–Trinajstić information content (AvgIpc) is 2.55. The molecule has 0 spiro atoms. The number of pyridine rings is 1. The molecule has 0 radical (unpaired) electrons. The van der Waals surface area contributed by atoms with E-state index < -0.39 is 0 Å². The lowest BCUT2D eigenvalue weighted by atomic mass is 9.74. The quantitative estimate of drug-likeness (QED) is 0.808. The van der Waals surface area contributed by atoms with Gasteiger partial charge in [-0.25, -0.2) is 0 Å². The van der Waals surface area contributed by atoms with Crippen molar-refractivity contribution >= 4 is 0 Å². The predicted molar refractivity (Wildman–Crippen MR) is 87.0 cm³/mol. The zero-order valence-corrected chi connectivity index (χ0v) is 13.2. The van der Waals surface area contributed by atoms with Crippen LogP contribution >= 0.6 is 0 Å². The molecule has 0 aliphatic heterocycles. The summed E-state index contributed by atoms with van der Waals surface area (Å²) in [6, 6.07) is 3.96. The Balaban J connectivity index is 1.89. The Labute approximate surface area is 129 Å². The largest absolute Gasteiger partial charge is 0.392 e. The van der Waals surface area contributed by atoms with Gasteiger partial charge >= 0.3 is 0 Å². The van der Waals surface area contributed by atoms with Crippen LogP contribution in [-0.4, -0.2) is 22.7 Å². The molecule has 1 aliphatic rings. The third kappa shape index (κ3) is 4.52. The van der Waals surface area contributed by atoms with Crippen LogP contribution in [0.1, 0.15) is 63.4 Å². The highest BCUT2D eigenvalue weighted by atomic mass is 16.3. The standard InChI is InChI=1S/C18H30N2O/c1-2-3-4-14-5-7-16(8-6-14)18(21)17(13-19)15-9-11-20-12-10-15/h9-12,14,16-18,21H,2-8,13,19H2,1H3. The monoisotopic (exact) mass is 290 g/mol. The van der Waals surface area contributed by atoms with Gasteiger partial charge in [-0.1, -0.05) is 39.0 Å². The first-order chi connectivity index (χ1) is 10.3. The van der Waals surface area contributed by atoms with Gasteiger partial charge in [0.1, 0.15) is 0 Å². The molecule has 0 saturated heterocycles.